The molecule has 0 bridgehead atoms. The number of nitrogens with zero attached hydrogens (tertiary/aromatic N) is 2. The number of nitrogens with one attached hydrogen (secondary N) is 1. The molecule has 1 heterocycles. The molecule has 108 valence electrons. The molecular formula is C15H27N3S. The van der Waals surface area contributed by atoms with Crippen molar-refractivity contribution in [2.45, 2.75) is 64.8 Å². The Labute approximate surface area is 121 Å². The van der Waals surface area contributed by atoms with E-state index in [1.165, 1.54) is 4.88 Å². The second-order valence-corrected chi connectivity index (χ2v) is 6.75. The average Bonchev–Trinajstić information content (AvgIpc) is 2.82. The van der Waals surface area contributed by atoms with Crippen LogP contribution in [0.15, 0.2) is 12.7 Å². The first-order valence-corrected chi connectivity index (χ1v) is 7.95. The zero-order valence-electron chi connectivity index (χ0n) is 12.7. The Kier molecular flexibility index (Phi) is 6.66. The Balaban J connectivity index is 2.83. The van der Waals surface area contributed by atoms with E-state index in [1.807, 2.05) is 6.08 Å². The molecule has 4 heteroatoms. The number of unbranched alkanes of at least 4 members (excludes halogenated alkanes) is 1. The van der Waals surface area contributed by atoms with Gasteiger partial charge in [0.25, 0.3) is 0 Å². The number of hydrogen-bond acceptors (Lipinski definition) is 4. The summed E-state index contributed by atoms with van der Waals surface area (Å²) in [5.74, 6) is 0. The van der Waals surface area contributed by atoms with E-state index in [1.54, 1.807) is 11.5 Å². The van der Waals surface area contributed by atoms with Gasteiger partial charge in [0.05, 0.1) is 10.6 Å². The summed E-state index contributed by atoms with van der Waals surface area (Å²) in [6, 6.07) is 0.383. The molecule has 1 rings (SSSR count). The van der Waals surface area contributed by atoms with Crippen LogP contribution in [0.3, 0.4) is 0 Å². The molecule has 19 heavy (non-hydrogen) atoms. The summed E-state index contributed by atoms with van der Waals surface area (Å²) in [6.45, 7) is 13.6. The quantitative estimate of drug-likeness (QED) is 0.572. The second kappa shape index (κ2) is 7.75. The SMILES string of the molecule is C=CCCCC(NCCC)c1snnc1C(C)(C)C. The van der Waals surface area contributed by atoms with Gasteiger partial charge in [-0.3, -0.25) is 0 Å². The van der Waals surface area contributed by atoms with Crippen LogP contribution in [0.1, 0.15) is 70.0 Å². The van der Waals surface area contributed by atoms with E-state index in [4.69, 9.17) is 0 Å². The van der Waals surface area contributed by atoms with Crippen LogP contribution in [0.5, 0.6) is 0 Å². The molecule has 0 saturated heterocycles. The fourth-order valence-corrected chi connectivity index (χ4v) is 3.03. The van der Waals surface area contributed by atoms with E-state index in [9.17, 15) is 0 Å². The molecular weight excluding hydrogens is 254 g/mol. The predicted molar refractivity (Wildman–Crippen MR) is 83.7 cm³/mol. The van der Waals surface area contributed by atoms with Gasteiger partial charge in [0.2, 0.25) is 0 Å². The molecule has 0 aliphatic heterocycles. The fraction of sp³-hybridized carbons (Fsp3) is 0.733. The van der Waals surface area contributed by atoms with E-state index in [0.29, 0.717) is 6.04 Å². The summed E-state index contributed by atoms with van der Waals surface area (Å²) < 4.78 is 4.18. The number of hydrogen-bond donors (Lipinski definition) is 1. The van der Waals surface area contributed by atoms with Crippen molar-refractivity contribution < 1.29 is 0 Å². The summed E-state index contributed by atoms with van der Waals surface area (Å²) in [7, 11) is 0. The molecule has 0 aliphatic carbocycles. The van der Waals surface area contributed by atoms with Crippen molar-refractivity contribution in [1.29, 1.82) is 0 Å². The Hall–Kier alpha value is -0.740. The van der Waals surface area contributed by atoms with Gasteiger partial charge in [-0.05, 0) is 43.8 Å². The highest BCUT2D eigenvalue weighted by Gasteiger charge is 2.26. The topological polar surface area (TPSA) is 37.8 Å². The van der Waals surface area contributed by atoms with Crippen LogP contribution in [0.4, 0.5) is 0 Å². The van der Waals surface area contributed by atoms with Crippen molar-refractivity contribution in [2.75, 3.05) is 6.54 Å². The zero-order valence-corrected chi connectivity index (χ0v) is 13.5. The molecule has 1 N–H and O–H groups in total. The molecule has 0 aromatic carbocycles. The van der Waals surface area contributed by atoms with Crippen LogP contribution in [0.2, 0.25) is 0 Å². The van der Waals surface area contributed by atoms with Crippen molar-refractivity contribution in [1.82, 2.24) is 14.9 Å². The normalized spacial score (nSPS) is 13.5. The highest BCUT2D eigenvalue weighted by atomic mass is 32.1. The minimum absolute atomic E-state index is 0.0624. The molecule has 0 amide bonds. The Morgan fingerprint density at radius 3 is 2.74 bits per heavy atom. The van der Waals surface area contributed by atoms with E-state index in [-0.39, 0.29) is 5.41 Å². The Bertz CT molecular complexity index is 379. The largest absolute Gasteiger partial charge is 0.309 e. The highest BCUT2D eigenvalue weighted by Crippen LogP contribution is 2.32. The van der Waals surface area contributed by atoms with E-state index in [2.05, 4.69) is 49.2 Å². The third-order valence-corrected chi connectivity index (χ3v) is 3.92. The fourth-order valence-electron chi connectivity index (χ4n) is 2.06. The van der Waals surface area contributed by atoms with Gasteiger partial charge >= 0.3 is 0 Å². The Morgan fingerprint density at radius 2 is 2.16 bits per heavy atom. The predicted octanol–water partition coefficient (Wildman–Crippen LogP) is 4.23. The lowest BCUT2D eigenvalue weighted by Crippen LogP contribution is -2.25. The average molecular weight is 281 g/mol. The van der Waals surface area contributed by atoms with Gasteiger partial charge in [0, 0.05) is 11.5 Å². The van der Waals surface area contributed by atoms with Gasteiger partial charge in [-0.15, -0.1) is 11.7 Å². The summed E-state index contributed by atoms with van der Waals surface area (Å²) in [6.07, 6.45) is 6.49. The molecule has 1 atom stereocenters. The summed E-state index contributed by atoms with van der Waals surface area (Å²) in [5.41, 5.74) is 1.21. The Morgan fingerprint density at radius 1 is 1.42 bits per heavy atom. The summed E-state index contributed by atoms with van der Waals surface area (Å²) in [5, 5.41) is 7.99. The third kappa shape index (κ3) is 5.03. The zero-order chi connectivity index (χ0) is 14.3. The molecule has 0 radical (unpaired) electrons. The van der Waals surface area contributed by atoms with Gasteiger partial charge in [-0.1, -0.05) is 38.3 Å². The lowest BCUT2D eigenvalue weighted by atomic mass is 9.89. The number of allylic oxidation sites excluding steroid dienone is 1. The first kappa shape index (κ1) is 16.3. The van der Waals surface area contributed by atoms with Crippen LogP contribution in [0.25, 0.3) is 0 Å². The maximum Gasteiger partial charge on any atom is 0.0857 e. The summed E-state index contributed by atoms with van der Waals surface area (Å²) in [4.78, 5) is 1.31. The lowest BCUT2D eigenvalue weighted by Gasteiger charge is -2.22. The number of aromatic nitrogens is 2. The number of rotatable bonds is 8. The van der Waals surface area contributed by atoms with Gasteiger partial charge < -0.3 is 5.32 Å². The van der Waals surface area contributed by atoms with E-state index in [0.717, 1.165) is 37.9 Å². The molecule has 0 saturated carbocycles. The van der Waals surface area contributed by atoms with Crippen LogP contribution in [-0.4, -0.2) is 16.1 Å². The first-order valence-electron chi connectivity index (χ1n) is 7.17. The van der Waals surface area contributed by atoms with Crippen LogP contribution in [-0.2, 0) is 5.41 Å². The monoisotopic (exact) mass is 281 g/mol. The van der Waals surface area contributed by atoms with E-state index >= 15 is 0 Å². The minimum Gasteiger partial charge on any atom is -0.309 e. The summed E-state index contributed by atoms with van der Waals surface area (Å²) >= 11 is 1.54. The first-order chi connectivity index (χ1) is 9.00. The molecule has 0 aliphatic rings. The molecule has 0 fully saturated rings. The maximum absolute atomic E-state index is 4.35. The highest BCUT2D eigenvalue weighted by molar-refractivity contribution is 7.05. The second-order valence-electron chi connectivity index (χ2n) is 5.96. The maximum atomic E-state index is 4.35. The third-order valence-electron chi connectivity index (χ3n) is 3.08. The smallest absolute Gasteiger partial charge is 0.0857 e. The molecule has 1 aromatic rings. The van der Waals surface area contributed by atoms with Crippen molar-refractivity contribution in [3.8, 4) is 0 Å². The molecule has 1 aromatic heterocycles. The molecule has 3 nitrogen and oxygen atoms in total. The lowest BCUT2D eigenvalue weighted by molar-refractivity contribution is 0.473. The van der Waals surface area contributed by atoms with Crippen molar-refractivity contribution in [3.63, 3.8) is 0 Å². The van der Waals surface area contributed by atoms with Gasteiger partial charge in [-0.25, -0.2) is 0 Å². The van der Waals surface area contributed by atoms with Crippen LogP contribution < -0.4 is 5.32 Å². The molecule has 1 unspecified atom stereocenters. The molecule has 0 spiro atoms. The van der Waals surface area contributed by atoms with Gasteiger partial charge in [0.1, 0.15) is 0 Å². The van der Waals surface area contributed by atoms with Gasteiger partial charge in [-0.2, -0.15) is 0 Å². The van der Waals surface area contributed by atoms with Crippen molar-refractivity contribution >= 4 is 11.5 Å². The van der Waals surface area contributed by atoms with Crippen molar-refractivity contribution in [2.24, 2.45) is 0 Å². The van der Waals surface area contributed by atoms with E-state index < -0.39 is 0 Å². The minimum atomic E-state index is 0.0624. The van der Waals surface area contributed by atoms with Crippen molar-refractivity contribution in [3.05, 3.63) is 23.2 Å². The standard InChI is InChI=1S/C15H27N3S/c1-6-8-9-10-12(16-11-7-2)13-14(15(3,4)5)17-18-19-13/h6,12,16H,1,7-11H2,2-5H3. The van der Waals surface area contributed by atoms with Gasteiger partial charge in [0.15, 0.2) is 0 Å². The van der Waals surface area contributed by atoms with Crippen LogP contribution in [0, 0.1) is 0 Å². The van der Waals surface area contributed by atoms with Crippen LogP contribution >= 0.6 is 11.5 Å².